The maximum Gasteiger partial charge on any atom is 0.246 e. The third kappa shape index (κ3) is 4.10. The topological polar surface area (TPSA) is 45.9 Å². The van der Waals surface area contributed by atoms with Gasteiger partial charge in [0.1, 0.15) is 11.3 Å². The van der Waals surface area contributed by atoms with Crippen LogP contribution < -0.4 is 4.74 Å². The molecule has 1 fully saturated rings. The molecule has 4 rings (SSSR count). The van der Waals surface area contributed by atoms with Crippen molar-refractivity contribution in [1.82, 2.24) is 9.80 Å². The summed E-state index contributed by atoms with van der Waals surface area (Å²) in [5.74, 6) is 0.808. The summed E-state index contributed by atoms with van der Waals surface area (Å²) in [5, 5.41) is 1.02. The second-order valence-corrected chi connectivity index (χ2v) is 8.06. The number of benzene rings is 2. The van der Waals surface area contributed by atoms with Crippen molar-refractivity contribution in [3.05, 3.63) is 59.9 Å². The molecule has 1 aliphatic rings. The van der Waals surface area contributed by atoms with Crippen molar-refractivity contribution in [1.29, 1.82) is 0 Å². The van der Waals surface area contributed by atoms with Crippen molar-refractivity contribution in [3.63, 3.8) is 0 Å². The van der Waals surface area contributed by atoms with Crippen LogP contribution in [-0.2, 0) is 4.79 Å². The van der Waals surface area contributed by atoms with Crippen LogP contribution in [0.3, 0.4) is 0 Å². The molecule has 2 aromatic carbocycles. The Balaban J connectivity index is 1.72. The summed E-state index contributed by atoms with van der Waals surface area (Å²) in [5.41, 5.74) is 5.71. The number of ether oxygens (including phenoxy) is 1. The van der Waals surface area contributed by atoms with Crippen molar-refractivity contribution in [2.24, 2.45) is 0 Å². The summed E-state index contributed by atoms with van der Waals surface area (Å²) in [6.45, 7) is 10.6. The van der Waals surface area contributed by atoms with Crippen molar-refractivity contribution in [2.45, 2.75) is 20.8 Å². The lowest BCUT2D eigenvalue weighted by Crippen LogP contribution is -2.48. The predicted octanol–water partition coefficient (Wildman–Crippen LogP) is 4.98. The molecule has 162 valence electrons. The third-order valence-corrected chi connectivity index (χ3v) is 6.23. The minimum Gasteiger partial charge on any atom is -0.496 e. The zero-order chi connectivity index (χ0) is 22.0. The van der Waals surface area contributed by atoms with Gasteiger partial charge in [-0.2, -0.15) is 0 Å². The van der Waals surface area contributed by atoms with Gasteiger partial charge in [-0.1, -0.05) is 37.3 Å². The van der Waals surface area contributed by atoms with Crippen LogP contribution >= 0.6 is 0 Å². The molecule has 2 heterocycles. The molecule has 0 atom stereocenters. The lowest BCUT2D eigenvalue weighted by atomic mass is 9.96. The summed E-state index contributed by atoms with van der Waals surface area (Å²) in [6, 6.07) is 12.3. The Kier molecular flexibility index (Phi) is 6.14. The van der Waals surface area contributed by atoms with Crippen LogP contribution in [0, 0.1) is 6.92 Å². The van der Waals surface area contributed by atoms with E-state index in [-0.39, 0.29) is 5.91 Å². The highest BCUT2D eigenvalue weighted by Gasteiger charge is 2.21. The normalized spacial score (nSPS) is 15.5. The van der Waals surface area contributed by atoms with Crippen LogP contribution in [0.1, 0.15) is 25.0 Å². The molecule has 1 saturated heterocycles. The third-order valence-electron chi connectivity index (χ3n) is 6.23. The van der Waals surface area contributed by atoms with Crippen molar-refractivity contribution in [3.8, 4) is 16.9 Å². The van der Waals surface area contributed by atoms with Gasteiger partial charge in [-0.3, -0.25) is 4.79 Å². The smallest absolute Gasteiger partial charge is 0.246 e. The van der Waals surface area contributed by atoms with E-state index < -0.39 is 0 Å². The molecular weight excluding hydrogens is 388 g/mol. The number of piperazine rings is 1. The van der Waals surface area contributed by atoms with Crippen LogP contribution in [0.4, 0.5) is 0 Å². The second kappa shape index (κ2) is 8.98. The predicted molar refractivity (Wildman–Crippen MR) is 125 cm³/mol. The Morgan fingerprint density at radius 2 is 1.87 bits per heavy atom. The number of rotatable bonds is 5. The van der Waals surface area contributed by atoms with Crippen LogP contribution in [0.15, 0.2) is 53.2 Å². The summed E-state index contributed by atoms with van der Waals surface area (Å²) in [4.78, 5) is 17.2. The van der Waals surface area contributed by atoms with Crippen LogP contribution in [0.5, 0.6) is 5.75 Å². The first-order valence-corrected chi connectivity index (χ1v) is 10.9. The van der Waals surface area contributed by atoms with Crippen molar-refractivity contribution < 1.29 is 13.9 Å². The summed E-state index contributed by atoms with van der Waals surface area (Å²) in [7, 11) is 1.66. The molecule has 3 aromatic rings. The Morgan fingerprint density at radius 3 is 2.52 bits per heavy atom. The van der Waals surface area contributed by atoms with Crippen LogP contribution in [0.25, 0.3) is 27.7 Å². The van der Waals surface area contributed by atoms with Crippen LogP contribution in [0.2, 0.25) is 0 Å². The van der Waals surface area contributed by atoms with Gasteiger partial charge in [0, 0.05) is 54.3 Å². The fourth-order valence-corrected chi connectivity index (χ4v) is 4.35. The van der Waals surface area contributed by atoms with Gasteiger partial charge < -0.3 is 19.0 Å². The fraction of sp³-hybridized carbons (Fsp3) is 0.346. The lowest BCUT2D eigenvalue weighted by molar-refractivity contribution is -0.127. The number of fused-ring (bicyclic) bond motifs is 1. The minimum absolute atomic E-state index is 0.0588. The number of nitrogens with zero attached hydrogens (tertiary/aromatic N) is 2. The van der Waals surface area contributed by atoms with Gasteiger partial charge in [-0.25, -0.2) is 0 Å². The molecule has 0 radical (unpaired) electrons. The van der Waals surface area contributed by atoms with Crippen molar-refractivity contribution >= 4 is 22.4 Å². The molecule has 5 heteroatoms. The average molecular weight is 419 g/mol. The van der Waals surface area contributed by atoms with E-state index in [1.54, 1.807) is 19.4 Å². The van der Waals surface area contributed by atoms with Gasteiger partial charge in [0.15, 0.2) is 0 Å². The largest absolute Gasteiger partial charge is 0.496 e. The number of amides is 1. The Morgan fingerprint density at radius 1 is 1.16 bits per heavy atom. The molecule has 0 spiro atoms. The number of hydrogen-bond acceptors (Lipinski definition) is 4. The number of hydrogen-bond donors (Lipinski definition) is 0. The Labute approximate surface area is 183 Å². The van der Waals surface area contributed by atoms with E-state index in [4.69, 9.17) is 9.15 Å². The first kappa shape index (κ1) is 21.2. The van der Waals surface area contributed by atoms with E-state index in [1.807, 2.05) is 36.9 Å². The lowest BCUT2D eigenvalue weighted by Gasteiger charge is -2.33. The molecule has 1 aromatic heterocycles. The SMILES string of the molecule is CCN1CCN(C(=O)/C=C(\C)c2cc3c(-c4ccccc4)coc3c(C)c2OC)CC1. The molecule has 0 bridgehead atoms. The highest BCUT2D eigenvalue weighted by Crippen LogP contribution is 2.40. The van der Waals surface area contributed by atoms with E-state index in [0.717, 1.165) is 77.3 Å². The molecule has 1 aliphatic heterocycles. The molecule has 0 saturated carbocycles. The molecule has 0 N–H and O–H groups in total. The van der Waals surface area contributed by atoms with E-state index >= 15 is 0 Å². The van der Waals surface area contributed by atoms with Gasteiger partial charge in [-0.05, 0) is 37.6 Å². The monoisotopic (exact) mass is 418 g/mol. The van der Waals surface area contributed by atoms with Gasteiger partial charge >= 0.3 is 0 Å². The number of likely N-dealkylation sites (N-methyl/N-ethyl adjacent to an activating group) is 1. The number of carbonyl (C=O) groups is 1. The molecule has 0 aliphatic carbocycles. The van der Waals surface area contributed by atoms with E-state index in [2.05, 4.69) is 30.0 Å². The van der Waals surface area contributed by atoms with Crippen molar-refractivity contribution in [2.75, 3.05) is 39.8 Å². The fourth-order valence-electron chi connectivity index (χ4n) is 4.35. The summed E-state index contributed by atoms with van der Waals surface area (Å²) < 4.78 is 11.7. The van der Waals surface area contributed by atoms with Gasteiger partial charge in [-0.15, -0.1) is 0 Å². The molecule has 5 nitrogen and oxygen atoms in total. The Hall–Kier alpha value is -3.05. The first-order chi connectivity index (χ1) is 15.0. The van der Waals surface area contributed by atoms with E-state index in [9.17, 15) is 4.79 Å². The highest BCUT2D eigenvalue weighted by molar-refractivity contribution is 6.01. The Bertz CT molecular complexity index is 1110. The molecular formula is C26H30N2O3. The molecule has 1 amide bonds. The van der Waals surface area contributed by atoms with Gasteiger partial charge in [0.25, 0.3) is 0 Å². The minimum atomic E-state index is 0.0588. The van der Waals surface area contributed by atoms with E-state index in [0.29, 0.717) is 0 Å². The number of allylic oxidation sites excluding steroid dienone is 1. The summed E-state index contributed by atoms with van der Waals surface area (Å²) in [6.07, 6.45) is 3.54. The highest BCUT2D eigenvalue weighted by atomic mass is 16.5. The standard InChI is InChI=1S/C26H30N2O3/c1-5-27-11-13-28(14-12-27)24(29)15-18(2)21-16-22-23(20-9-7-6-8-10-20)17-31-26(22)19(3)25(21)30-4/h6-10,15-17H,5,11-14H2,1-4H3/b18-15+. The molecule has 31 heavy (non-hydrogen) atoms. The number of carbonyl (C=O) groups excluding carboxylic acids is 1. The zero-order valence-electron chi connectivity index (χ0n) is 18.8. The van der Waals surface area contributed by atoms with Gasteiger partial charge in [0.2, 0.25) is 5.91 Å². The quantitative estimate of drug-likeness (QED) is 0.548. The van der Waals surface area contributed by atoms with Gasteiger partial charge in [0.05, 0.1) is 13.4 Å². The summed E-state index contributed by atoms with van der Waals surface area (Å²) >= 11 is 0. The number of aryl methyl sites for hydroxylation is 1. The average Bonchev–Trinajstić information content (AvgIpc) is 3.24. The number of methoxy groups -OCH3 is 1. The zero-order valence-corrected chi connectivity index (χ0v) is 18.8. The maximum absolute atomic E-state index is 12.9. The number of furan rings is 1. The van der Waals surface area contributed by atoms with E-state index in [1.165, 1.54) is 0 Å². The van der Waals surface area contributed by atoms with Crippen LogP contribution in [-0.4, -0.2) is 55.5 Å². The maximum atomic E-state index is 12.9. The second-order valence-electron chi connectivity index (χ2n) is 8.06. The molecule has 0 unspecified atom stereocenters. The first-order valence-electron chi connectivity index (χ1n) is 10.9.